The molecule has 1 fully saturated rings. The molecule has 5 nitrogen and oxygen atoms in total. The quantitative estimate of drug-likeness (QED) is 0.510. The number of hydrogen-bond acceptors (Lipinski definition) is 4. The minimum Gasteiger partial charge on any atom is -0.355 e. The van der Waals surface area contributed by atoms with Gasteiger partial charge in [0.2, 0.25) is 0 Å². The fourth-order valence-corrected chi connectivity index (χ4v) is 4.14. The molecule has 1 saturated heterocycles. The second-order valence-corrected chi connectivity index (χ2v) is 6.96. The molecule has 1 atom stereocenters. The topological polar surface area (TPSA) is 61.4 Å². The predicted octanol–water partition coefficient (Wildman–Crippen LogP) is -0.496. The van der Waals surface area contributed by atoms with Crippen LogP contribution in [0.2, 0.25) is 0 Å². The Balaban J connectivity index is 2.55. The maximum Gasteiger partial charge on any atom is 0.181 e. The SMILES string of the molecule is CN(C)NC(=S)N[C@]1(C)CCS(=O)(=O)C1. The number of hydrazine groups is 1. The zero-order chi connectivity index (χ0) is 11.7. The van der Waals surface area contributed by atoms with Crippen molar-refractivity contribution in [1.82, 2.24) is 15.8 Å². The molecule has 0 aromatic heterocycles. The van der Waals surface area contributed by atoms with Gasteiger partial charge in [-0.3, -0.25) is 5.43 Å². The van der Waals surface area contributed by atoms with Gasteiger partial charge in [0.15, 0.2) is 14.9 Å². The molecule has 0 aromatic rings. The Morgan fingerprint density at radius 1 is 1.47 bits per heavy atom. The van der Waals surface area contributed by atoms with Crippen molar-refractivity contribution in [3.05, 3.63) is 0 Å². The zero-order valence-electron chi connectivity index (χ0n) is 9.20. The summed E-state index contributed by atoms with van der Waals surface area (Å²) in [5.41, 5.74) is 2.45. The van der Waals surface area contributed by atoms with Gasteiger partial charge in [-0.15, -0.1) is 0 Å². The van der Waals surface area contributed by atoms with Crippen LogP contribution < -0.4 is 10.7 Å². The summed E-state index contributed by atoms with van der Waals surface area (Å²) in [5, 5.41) is 5.21. The van der Waals surface area contributed by atoms with E-state index in [1.54, 1.807) is 5.01 Å². The van der Waals surface area contributed by atoms with Crippen LogP contribution in [0.5, 0.6) is 0 Å². The molecular weight excluding hydrogens is 234 g/mol. The molecule has 15 heavy (non-hydrogen) atoms. The van der Waals surface area contributed by atoms with E-state index < -0.39 is 15.4 Å². The molecule has 0 aromatic carbocycles. The monoisotopic (exact) mass is 251 g/mol. The molecule has 2 N–H and O–H groups in total. The minimum absolute atomic E-state index is 0.148. The molecule has 1 aliphatic rings. The lowest BCUT2D eigenvalue weighted by Gasteiger charge is -2.27. The third-order valence-electron chi connectivity index (χ3n) is 2.24. The molecule has 0 spiro atoms. The largest absolute Gasteiger partial charge is 0.355 e. The van der Waals surface area contributed by atoms with Gasteiger partial charge in [-0.1, -0.05) is 0 Å². The summed E-state index contributed by atoms with van der Waals surface area (Å²) in [6.07, 6.45) is 0.602. The van der Waals surface area contributed by atoms with Gasteiger partial charge in [-0.05, 0) is 25.6 Å². The summed E-state index contributed by atoms with van der Waals surface area (Å²) in [6, 6.07) is 0. The van der Waals surface area contributed by atoms with Gasteiger partial charge in [-0.2, -0.15) is 0 Å². The molecule has 0 bridgehead atoms. The Bertz CT molecular complexity index is 353. The number of sulfone groups is 1. The third kappa shape index (κ3) is 3.92. The molecule has 1 rings (SSSR count). The fraction of sp³-hybridized carbons (Fsp3) is 0.875. The van der Waals surface area contributed by atoms with Crippen molar-refractivity contribution >= 4 is 27.2 Å². The molecule has 0 unspecified atom stereocenters. The minimum atomic E-state index is -2.89. The Morgan fingerprint density at radius 2 is 2.07 bits per heavy atom. The first-order valence-corrected chi connectivity index (χ1v) is 6.92. The van der Waals surface area contributed by atoms with Gasteiger partial charge in [0.25, 0.3) is 0 Å². The van der Waals surface area contributed by atoms with Crippen molar-refractivity contribution in [2.45, 2.75) is 18.9 Å². The van der Waals surface area contributed by atoms with Crippen molar-refractivity contribution in [3.63, 3.8) is 0 Å². The summed E-state index contributed by atoms with van der Waals surface area (Å²) in [7, 11) is 0.751. The lowest BCUT2D eigenvalue weighted by Crippen LogP contribution is -2.53. The van der Waals surface area contributed by atoms with Gasteiger partial charge in [-0.25, -0.2) is 13.4 Å². The summed E-state index contributed by atoms with van der Waals surface area (Å²) in [5.74, 6) is 0.385. The molecule has 0 aliphatic carbocycles. The highest BCUT2D eigenvalue weighted by Crippen LogP contribution is 2.22. The normalized spacial score (nSPS) is 29.1. The first-order valence-electron chi connectivity index (χ1n) is 4.69. The van der Waals surface area contributed by atoms with Crippen LogP contribution in [0.1, 0.15) is 13.3 Å². The highest BCUT2D eigenvalue weighted by atomic mass is 32.2. The van der Waals surface area contributed by atoms with Crippen molar-refractivity contribution in [1.29, 1.82) is 0 Å². The highest BCUT2D eigenvalue weighted by molar-refractivity contribution is 7.91. The summed E-state index contributed by atoms with van der Waals surface area (Å²) in [6.45, 7) is 1.88. The van der Waals surface area contributed by atoms with E-state index in [-0.39, 0.29) is 11.5 Å². The van der Waals surface area contributed by atoms with Gasteiger partial charge < -0.3 is 5.32 Å². The highest BCUT2D eigenvalue weighted by Gasteiger charge is 2.38. The lowest BCUT2D eigenvalue weighted by atomic mass is 10.0. The van der Waals surface area contributed by atoms with Crippen LogP contribution in [-0.2, 0) is 9.84 Å². The molecule has 0 saturated carbocycles. The number of hydrogen-bond donors (Lipinski definition) is 2. The standard InChI is InChI=1S/C8H17N3O2S2/c1-8(4-5-15(12,13)6-8)9-7(14)10-11(2)3/h4-6H2,1-3H3,(H2,9,10,14)/t8-/m1/s1. The maximum atomic E-state index is 11.3. The van der Waals surface area contributed by atoms with E-state index in [4.69, 9.17) is 12.2 Å². The fourth-order valence-electron chi connectivity index (χ4n) is 1.61. The van der Waals surface area contributed by atoms with Crippen molar-refractivity contribution < 1.29 is 8.42 Å². The Labute approximate surface area is 96.1 Å². The van der Waals surface area contributed by atoms with Crippen LogP contribution >= 0.6 is 12.2 Å². The van der Waals surface area contributed by atoms with Gasteiger partial charge >= 0.3 is 0 Å². The summed E-state index contributed by atoms with van der Waals surface area (Å²) in [4.78, 5) is 0. The van der Waals surface area contributed by atoms with E-state index in [0.29, 0.717) is 11.5 Å². The van der Waals surface area contributed by atoms with Gasteiger partial charge in [0, 0.05) is 14.1 Å². The van der Waals surface area contributed by atoms with E-state index in [0.717, 1.165) is 0 Å². The average Bonchev–Trinajstić information content (AvgIpc) is 2.22. The predicted molar refractivity (Wildman–Crippen MR) is 64.2 cm³/mol. The molecule has 88 valence electrons. The second-order valence-electron chi connectivity index (χ2n) is 4.36. The molecule has 1 heterocycles. The van der Waals surface area contributed by atoms with E-state index in [9.17, 15) is 8.42 Å². The molecule has 0 radical (unpaired) electrons. The first kappa shape index (κ1) is 12.7. The molecule has 1 aliphatic heterocycles. The van der Waals surface area contributed by atoms with Crippen LogP contribution in [0.25, 0.3) is 0 Å². The van der Waals surface area contributed by atoms with E-state index in [1.165, 1.54) is 0 Å². The zero-order valence-corrected chi connectivity index (χ0v) is 10.8. The number of nitrogens with zero attached hydrogens (tertiary/aromatic N) is 1. The molecular formula is C8H17N3O2S2. The van der Waals surface area contributed by atoms with E-state index in [2.05, 4.69) is 10.7 Å². The first-order chi connectivity index (χ1) is 6.72. The van der Waals surface area contributed by atoms with Crippen LogP contribution in [0, 0.1) is 0 Å². The Kier molecular flexibility index (Phi) is 3.57. The van der Waals surface area contributed by atoms with Gasteiger partial charge in [0.1, 0.15) is 0 Å². The number of nitrogens with one attached hydrogen (secondary N) is 2. The smallest absolute Gasteiger partial charge is 0.181 e. The summed E-state index contributed by atoms with van der Waals surface area (Å²) < 4.78 is 22.7. The van der Waals surface area contributed by atoms with Crippen LogP contribution in [0.4, 0.5) is 0 Å². The maximum absolute atomic E-state index is 11.3. The van der Waals surface area contributed by atoms with Crippen LogP contribution in [-0.4, -0.2) is 49.7 Å². The third-order valence-corrected chi connectivity index (χ3v) is 4.34. The summed E-state index contributed by atoms with van der Waals surface area (Å²) >= 11 is 5.05. The molecule has 0 amide bonds. The average molecular weight is 251 g/mol. The number of rotatable bonds is 2. The lowest BCUT2D eigenvalue weighted by molar-refractivity contribution is 0.349. The van der Waals surface area contributed by atoms with Gasteiger partial charge in [0.05, 0.1) is 17.0 Å². The number of thiocarbonyl (C=S) groups is 1. The van der Waals surface area contributed by atoms with Crippen LogP contribution in [0.15, 0.2) is 0 Å². The van der Waals surface area contributed by atoms with E-state index >= 15 is 0 Å². The van der Waals surface area contributed by atoms with Crippen molar-refractivity contribution in [3.8, 4) is 0 Å². The van der Waals surface area contributed by atoms with Crippen LogP contribution in [0.3, 0.4) is 0 Å². The Morgan fingerprint density at radius 3 is 2.47 bits per heavy atom. The van der Waals surface area contributed by atoms with E-state index in [1.807, 2.05) is 21.0 Å². The van der Waals surface area contributed by atoms with Crippen molar-refractivity contribution in [2.75, 3.05) is 25.6 Å². The molecule has 7 heteroatoms. The Hall–Kier alpha value is -0.400. The second kappa shape index (κ2) is 4.23. The van der Waals surface area contributed by atoms with Crippen molar-refractivity contribution in [2.24, 2.45) is 0 Å².